The van der Waals surface area contributed by atoms with Gasteiger partial charge >= 0.3 is 0 Å². The summed E-state index contributed by atoms with van der Waals surface area (Å²) in [7, 11) is 0. The Balaban J connectivity index is 1.94. The van der Waals surface area contributed by atoms with Crippen molar-refractivity contribution in [2.45, 2.75) is 20.1 Å². The molecule has 2 aromatic carbocycles. The SMILES string of the molecule is Cc1c(CO)c(CO)c2c3cc4ccccc4cc3c(N3CCOCC3)nn12. The van der Waals surface area contributed by atoms with Gasteiger partial charge in [-0.25, -0.2) is 4.52 Å². The highest BCUT2D eigenvalue weighted by Gasteiger charge is 2.23. The van der Waals surface area contributed by atoms with Gasteiger partial charge in [-0.05, 0) is 29.8 Å². The molecule has 6 nitrogen and oxygen atoms in total. The van der Waals surface area contributed by atoms with Crippen LogP contribution >= 0.6 is 0 Å². The van der Waals surface area contributed by atoms with Crippen molar-refractivity contribution in [3.05, 3.63) is 53.2 Å². The Bertz CT molecular complexity index is 1190. The molecule has 1 saturated heterocycles. The normalized spacial score (nSPS) is 15.2. The first kappa shape index (κ1) is 17.4. The van der Waals surface area contributed by atoms with E-state index in [0.29, 0.717) is 13.2 Å². The summed E-state index contributed by atoms with van der Waals surface area (Å²) in [5, 5.41) is 29.4. The third kappa shape index (κ3) is 2.49. The molecule has 0 radical (unpaired) electrons. The first-order chi connectivity index (χ1) is 13.7. The van der Waals surface area contributed by atoms with Crippen LogP contribution in [0, 0.1) is 6.92 Å². The minimum atomic E-state index is -0.131. The van der Waals surface area contributed by atoms with Crippen molar-refractivity contribution < 1.29 is 14.9 Å². The van der Waals surface area contributed by atoms with Crippen molar-refractivity contribution in [2.24, 2.45) is 0 Å². The number of nitrogens with zero attached hydrogens (tertiary/aromatic N) is 3. The highest BCUT2D eigenvalue weighted by Crippen LogP contribution is 2.36. The van der Waals surface area contributed by atoms with E-state index >= 15 is 0 Å². The Kier molecular flexibility index (Phi) is 4.19. The lowest BCUT2D eigenvalue weighted by Gasteiger charge is -2.29. The predicted molar refractivity (Wildman–Crippen MR) is 110 cm³/mol. The minimum Gasteiger partial charge on any atom is -0.392 e. The van der Waals surface area contributed by atoms with Gasteiger partial charge in [-0.3, -0.25) is 0 Å². The maximum absolute atomic E-state index is 10.1. The van der Waals surface area contributed by atoms with Crippen LogP contribution in [0.25, 0.3) is 27.1 Å². The molecule has 0 saturated carbocycles. The average molecular weight is 377 g/mol. The van der Waals surface area contributed by atoms with Crippen molar-refractivity contribution in [3.8, 4) is 0 Å². The summed E-state index contributed by atoms with van der Waals surface area (Å²) in [4.78, 5) is 2.26. The van der Waals surface area contributed by atoms with Gasteiger partial charge < -0.3 is 19.8 Å². The van der Waals surface area contributed by atoms with Crippen molar-refractivity contribution in [2.75, 3.05) is 31.2 Å². The summed E-state index contributed by atoms with van der Waals surface area (Å²) in [5.74, 6) is 0.920. The number of benzene rings is 2. The Labute approximate surface area is 162 Å². The Hall–Kier alpha value is -2.67. The molecule has 0 bridgehead atoms. The van der Waals surface area contributed by atoms with Crippen LogP contribution in [0.15, 0.2) is 36.4 Å². The van der Waals surface area contributed by atoms with Crippen molar-refractivity contribution in [3.63, 3.8) is 0 Å². The fourth-order valence-corrected chi connectivity index (χ4v) is 4.35. The second-order valence-electron chi connectivity index (χ2n) is 7.29. The molecule has 5 rings (SSSR count). The summed E-state index contributed by atoms with van der Waals surface area (Å²) >= 11 is 0. The van der Waals surface area contributed by atoms with E-state index < -0.39 is 0 Å². The van der Waals surface area contributed by atoms with Gasteiger partial charge in [0.1, 0.15) is 0 Å². The second kappa shape index (κ2) is 6.74. The third-order valence-electron chi connectivity index (χ3n) is 5.82. The van der Waals surface area contributed by atoms with Crippen LogP contribution in [0.5, 0.6) is 0 Å². The molecule has 1 aliphatic heterocycles. The molecule has 1 aliphatic rings. The van der Waals surface area contributed by atoms with E-state index in [1.807, 2.05) is 23.6 Å². The molecule has 2 aromatic heterocycles. The first-order valence-electron chi connectivity index (χ1n) is 9.63. The number of aliphatic hydroxyl groups excluding tert-OH is 2. The first-order valence-corrected chi connectivity index (χ1v) is 9.63. The molecule has 0 atom stereocenters. The number of fused-ring (bicyclic) bond motifs is 4. The topological polar surface area (TPSA) is 70.2 Å². The Morgan fingerprint density at radius 2 is 1.61 bits per heavy atom. The van der Waals surface area contributed by atoms with Crippen LogP contribution in [0.4, 0.5) is 5.82 Å². The second-order valence-corrected chi connectivity index (χ2v) is 7.29. The molecule has 144 valence electrons. The van der Waals surface area contributed by atoms with Crippen LogP contribution in [0.3, 0.4) is 0 Å². The van der Waals surface area contributed by atoms with Gasteiger partial charge in [-0.15, -0.1) is 5.10 Å². The Morgan fingerprint density at radius 1 is 0.964 bits per heavy atom. The van der Waals surface area contributed by atoms with Crippen LogP contribution in [0.2, 0.25) is 0 Å². The Morgan fingerprint density at radius 3 is 2.25 bits per heavy atom. The van der Waals surface area contributed by atoms with Gasteiger partial charge in [-0.1, -0.05) is 24.3 Å². The fourth-order valence-electron chi connectivity index (χ4n) is 4.35. The number of rotatable bonds is 3. The third-order valence-corrected chi connectivity index (χ3v) is 5.82. The monoisotopic (exact) mass is 377 g/mol. The molecule has 6 heteroatoms. The van der Waals surface area contributed by atoms with Crippen molar-refractivity contribution in [1.82, 2.24) is 9.61 Å². The van der Waals surface area contributed by atoms with E-state index in [1.165, 1.54) is 0 Å². The highest BCUT2D eigenvalue weighted by molar-refractivity contribution is 6.10. The van der Waals surface area contributed by atoms with Crippen LogP contribution < -0.4 is 4.90 Å². The number of hydrogen-bond acceptors (Lipinski definition) is 5. The van der Waals surface area contributed by atoms with Crippen molar-refractivity contribution in [1.29, 1.82) is 0 Å². The number of aliphatic hydroxyl groups is 2. The molecule has 0 amide bonds. The lowest BCUT2D eigenvalue weighted by molar-refractivity contribution is 0.122. The molecule has 1 fully saturated rings. The zero-order chi connectivity index (χ0) is 19.3. The van der Waals surface area contributed by atoms with E-state index in [9.17, 15) is 10.2 Å². The largest absolute Gasteiger partial charge is 0.392 e. The smallest absolute Gasteiger partial charge is 0.157 e. The lowest BCUT2D eigenvalue weighted by atomic mass is 10.0. The predicted octanol–water partition coefficient (Wildman–Crippen LogP) is 2.77. The van der Waals surface area contributed by atoms with E-state index in [-0.39, 0.29) is 13.2 Å². The van der Waals surface area contributed by atoms with Gasteiger partial charge in [-0.2, -0.15) is 0 Å². The van der Waals surface area contributed by atoms with Gasteiger partial charge in [0.2, 0.25) is 0 Å². The van der Waals surface area contributed by atoms with E-state index in [2.05, 4.69) is 29.2 Å². The standard InChI is InChI=1S/C22H23N3O3/c1-14-19(12-26)20(13-27)21-17-10-15-4-2-3-5-16(15)11-18(17)22(23-25(14)21)24-6-8-28-9-7-24/h2-5,10-11,26-27H,6-9,12-13H2,1H3. The summed E-state index contributed by atoms with van der Waals surface area (Å²) in [6, 6.07) is 12.6. The van der Waals surface area contributed by atoms with E-state index in [0.717, 1.165) is 62.8 Å². The molecule has 2 N–H and O–H groups in total. The molecular formula is C22H23N3O3. The maximum Gasteiger partial charge on any atom is 0.157 e. The van der Waals surface area contributed by atoms with Crippen molar-refractivity contribution >= 4 is 32.9 Å². The zero-order valence-electron chi connectivity index (χ0n) is 15.9. The molecule has 28 heavy (non-hydrogen) atoms. The van der Waals surface area contributed by atoms with E-state index in [4.69, 9.17) is 9.84 Å². The van der Waals surface area contributed by atoms with Gasteiger partial charge in [0, 0.05) is 40.7 Å². The minimum absolute atomic E-state index is 0.118. The number of aromatic nitrogens is 2. The fraction of sp³-hybridized carbons (Fsp3) is 0.318. The van der Waals surface area contributed by atoms with Gasteiger partial charge in [0.05, 0.1) is 31.9 Å². The number of anilines is 1. The molecule has 0 unspecified atom stereocenters. The lowest BCUT2D eigenvalue weighted by Crippen LogP contribution is -2.37. The molecule has 0 aliphatic carbocycles. The zero-order valence-corrected chi connectivity index (χ0v) is 15.9. The van der Waals surface area contributed by atoms with Gasteiger partial charge in [0.15, 0.2) is 5.82 Å². The van der Waals surface area contributed by atoms with Crippen LogP contribution in [-0.4, -0.2) is 46.1 Å². The highest BCUT2D eigenvalue weighted by atomic mass is 16.5. The molecule has 4 aromatic rings. The summed E-state index contributed by atoms with van der Waals surface area (Å²) in [5.41, 5.74) is 3.25. The van der Waals surface area contributed by atoms with E-state index in [1.54, 1.807) is 0 Å². The van der Waals surface area contributed by atoms with Crippen LogP contribution in [0.1, 0.15) is 16.8 Å². The summed E-state index contributed by atoms with van der Waals surface area (Å²) in [6.07, 6.45) is 0. The summed E-state index contributed by atoms with van der Waals surface area (Å²) < 4.78 is 7.42. The molecular weight excluding hydrogens is 354 g/mol. The number of ether oxygens (including phenoxy) is 1. The number of morpholine rings is 1. The maximum atomic E-state index is 10.1. The molecule has 3 heterocycles. The van der Waals surface area contributed by atoms with Crippen LogP contribution in [-0.2, 0) is 18.0 Å². The average Bonchev–Trinajstić information content (AvgIpc) is 3.03. The number of hydrogen-bond donors (Lipinski definition) is 2. The summed E-state index contributed by atoms with van der Waals surface area (Å²) in [6.45, 7) is 4.65. The number of aryl methyl sites for hydroxylation is 1. The van der Waals surface area contributed by atoms with Gasteiger partial charge in [0.25, 0.3) is 0 Å². The molecule has 0 spiro atoms. The quantitative estimate of drug-likeness (QED) is 0.537.